The van der Waals surface area contributed by atoms with Crippen LogP contribution in [0.3, 0.4) is 0 Å². The zero-order valence-electron chi connectivity index (χ0n) is 17.3. The van der Waals surface area contributed by atoms with Crippen LogP contribution < -0.4 is 15.4 Å². The molecule has 166 valence electrons. The number of amides is 1. The van der Waals surface area contributed by atoms with E-state index in [4.69, 9.17) is 25.8 Å². The minimum absolute atomic E-state index is 0.173. The number of carbonyl (C=O) groups is 1. The van der Waals surface area contributed by atoms with E-state index in [1.54, 1.807) is 18.2 Å². The summed E-state index contributed by atoms with van der Waals surface area (Å²) in [6.45, 7) is 3.07. The van der Waals surface area contributed by atoms with E-state index in [1.165, 1.54) is 0 Å². The molecule has 0 bridgehead atoms. The summed E-state index contributed by atoms with van der Waals surface area (Å²) in [5.41, 5.74) is 1.64. The maximum absolute atomic E-state index is 11.1. The fraction of sp³-hybridized carbons (Fsp3) is 0.476. The van der Waals surface area contributed by atoms with Gasteiger partial charge >= 0.3 is 0 Å². The molecule has 1 aromatic carbocycles. The van der Waals surface area contributed by atoms with Crippen molar-refractivity contribution in [2.75, 3.05) is 50.6 Å². The summed E-state index contributed by atoms with van der Waals surface area (Å²) in [5.74, 6) is 1.57. The highest BCUT2D eigenvalue weighted by molar-refractivity contribution is 6.32. The fourth-order valence-corrected chi connectivity index (χ4v) is 3.82. The first-order valence-electron chi connectivity index (χ1n) is 10.3. The molecule has 2 N–H and O–H groups in total. The Morgan fingerprint density at radius 3 is 3.03 bits per heavy atom. The van der Waals surface area contributed by atoms with E-state index in [-0.39, 0.29) is 12.2 Å². The number of carbonyl (C=O) groups excluding carboxylic acids is 1. The van der Waals surface area contributed by atoms with E-state index in [9.17, 15) is 4.79 Å². The first-order chi connectivity index (χ1) is 15.2. The molecule has 0 radical (unpaired) electrons. The van der Waals surface area contributed by atoms with Gasteiger partial charge in [-0.25, -0.2) is 4.98 Å². The highest BCUT2D eigenvalue weighted by Gasteiger charge is 2.22. The highest BCUT2D eigenvalue weighted by Crippen LogP contribution is 2.32. The number of anilines is 3. The number of hydrogen-bond acceptors (Lipinski definition) is 8. The van der Waals surface area contributed by atoms with Crippen molar-refractivity contribution < 1.29 is 19.0 Å². The van der Waals surface area contributed by atoms with Crippen LogP contribution in [0, 0.1) is 0 Å². The smallest absolute Gasteiger partial charge is 0.229 e. The van der Waals surface area contributed by atoms with Crippen molar-refractivity contribution in [3.8, 4) is 5.75 Å². The van der Waals surface area contributed by atoms with Gasteiger partial charge in [0.1, 0.15) is 16.9 Å². The number of benzene rings is 1. The van der Waals surface area contributed by atoms with Gasteiger partial charge < -0.3 is 29.7 Å². The molecule has 2 aliphatic rings. The van der Waals surface area contributed by atoms with Gasteiger partial charge in [0.25, 0.3) is 0 Å². The number of ether oxygens (including phenoxy) is 3. The molecule has 0 spiro atoms. The van der Waals surface area contributed by atoms with Crippen molar-refractivity contribution in [1.29, 1.82) is 0 Å². The lowest BCUT2D eigenvalue weighted by Crippen LogP contribution is -2.37. The van der Waals surface area contributed by atoms with Crippen LogP contribution >= 0.6 is 11.6 Å². The van der Waals surface area contributed by atoms with Crippen LogP contribution in [0.2, 0.25) is 5.02 Å². The van der Waals surface area contributed by atoms with E-state index >= 15 is 0 Å². The molecule has 2 aliphatic heterocycles. The summed E-state index contributed by atoms with van der Waals surface area (Å²) in [7, 11) is 1.60. The average molecular weight is 448 g/mol. The Morgan fingerprint density at radius 1 is 1.35 bits per heavy atom. The van der Waals surface area contributed by atoms with Gasteiger partial charge in [0, 0.05) is 19.7 Å². The molecular formula is C21H26ClN5O4. The summed E-state index contributed by atoms with van der Waals surface area (Å²) in [4.78, 5) is 21.6. The van der Waals surface area contributed by atoms with Crippen LogP contribution in [0.4, 0.5) is 17.5 Å². The van der Waals surface area contributed by atoms with E-state index < -0.39 is 0 Å². The maximum atomic E-state index is 11.1. The van der Waals surface area contributed by atoms with Gasteiger partial charge in [-0.05, 0) is 30.5 Å². The Hall–Kier alpha value is -2.62. The second-order valence-corrected chi connectivity index (χ2v) is 7.86. The van der Waals surface area contributed by atoms with Crippen LogP contribution in [-0.4, -0.2) is 67.3 Å². The Kier molecular flexibility index (Phi) is 7.06. The van der Waals surface area contributed by atoms with E-state index in [0.29, 0.717) is 54.5 Å². The average Bonchev–Trinajstić information content (AvgIpc) is 3.33. The molecule has 2 fully saturated rings. The zero-order valence-corrected chi connectivity index (χ0v) is 18.1. The van der Waals surface area contributed by atoms with Crippen molar-refractivity contribution in [3.63, 3.8) is 0 Å². The summed E-state index contributed by atoms with van der Waals surface area (Å²) in [6.07, 6.45) is 4.49. The lowest BCUT2D eigenvalue weighted by Gasteiger charge is -2.30. The van der Waals surface area contributed by atoms with Gasteiger partial charge in [-0.3, -0.25) is 4.79 Å². The molecule has 10 heteroatoms. The number of nitrogens with one attached hydrogen (secondary N) is 2. The molecule has 0 saturated carbocycles. The molecule has 9 nitrogen and oxygen atoms in total. The van der Waals surface area contributed by atoms with Crippen molar-refractivity contribution in [2.45, 2.75) is 25.0 Å². The Balaban J connectivity index is 1.46. The Labute approximate surface area is 186 Å². The van der Waals surface area contributed by atoms with E-state index in [2.05, 4.69) is 20.6 Å². The van der Waals surface area contributed by atoms with Crippen LogP contribution in [0.15, 0.2) is 24.4 Å². The largest absolute Gasteiger partial charge is 0.495 e. The molecule has 3 heterocycles. The van der Waals surface area contributed by atoms with E-state index in [0.717, 1.165) is 31.4 Å². The van der Waals surface area contributed by atoms with Crippen molar-refractivity contribution >= 4 is 35.5 Å². The molecule has 0 aliphatic carbocycles. The summed E-state index contributed by atoms with van der Waals surface area (Å²) in [5, 5.41) is 6.87. The molecule has 2 aromatic rings. The minimum atomic E-state index is -0.192. The second kappa shape index (κ2) is 10.1. The zero-order chi connectivity index (χ0) is 21.6. The van der Waals surface area contributed by atoms with Crippen LogP contribution in [-0.2, 0) is 14.3 Å². The van der Waals surface area contributed by atoms with Gasteiger partial charge in [0.15, 0.2) is 5.82 Å². The van der Waals surface area contributed by atoms with Gasteiger partial charge in [0.2, 0.25) is 12.4 Å². The standard InChI is InChI=1S/C21H26ClN5O4/c1-29-18-9-14(19-12-27(13-28)6-8-31-19)4-5-17(18)25-21-24-11-16(22)20(26-21)23-10-15-3-2-7-30-15/h4-5,9,11,13,15,19H,2-3,6-8,10,12H2,1H3,(H2,23,24,25,26). The molecule has 4 rings (SSSR count). The molecule has 2 atom stereocenters. The monoisotopic (exact) mass is 447 g/mol. The molecule has 1 amide bonds. The first kappa shape index (κ1) is 21.6. The van der Waals surface area contributed by atoms with Gasteiger partial charge in [0.05, 0.1) is 38.2 Å². The van der Waals surface area contributed by atoms with E-state index in [1.807, 2.05) is 18.2 Å². The number of methoxy groups -OCH3 is 1. The van der Waals surface area contributed by atoms with Crippen LogP contribution in [0.25, 0.3) is 0 Å². The number of morpholine rings is 1. The fourth-order valence-electron chi connectivity index (χ4n) is 3.67. The molecule has 1 aromatic heterocycles. The number of halogens is 1. The second-order valence-electron chi connectivity index (χ2n) is 7.45. The van der Waals surface area contributed by atoms with Crippen molar-refractivity contribution in [2.24, 2.45) is 0 Å². The predicted molar refractivity (Wildman–Crippen MR) is 117 cm³/mol. The quantitative estimate of drug-likeness (QED) is 0.596. The lowest BCUT2D eigenvalue weighted by atomic mass is 10.1. The molecular weight excluding hydrogens is 422 g/mol. The SMILES string of the molecule is COc1cc(C2CN(C=O)CCO2)ccc1Nc1ncc(Cl)c(NCC2CCCO2)n1. The Morgan fingerprint density at radius 2 is 2.26 bits per heavy atom. The van der Waals surface area contributed by atoms with Gasteiger partial charge in [-0.1, -0.05) is 17.7 Å². The third-order valence-corrected chi connectivity index (χ3v) is 5.63. The van der Waals surface area contributed by atoms with Crippen molar-refractivity contribution in [1.82, 2.24) is 14.9 Å². The highest BCUT2D eigenvalue weighted by atomic mass is 35.5. The molecule has 31 heavy (non-hydrogen) atoms. The minimum Gasteiger partial charge on any atom is -0.495 e. The van der Waals surface area contributed by atoms with Gasteiger partial charge in [-0.2, -0.15) is 4.98 Å². The lowest BCUT2D eigenvalue weighted by molar-refractivity contribution is -0.125. The maximum Gasteiger partial charge on any atom is 0.229 e. The normalized spacial score (nSPS) is 21.0. The number of hydrogen-bond donors (Lipinski definition) is 2. The topological polar surface area (TPSA) is 97.8 Å². The predicted octanol–water partition coefficient (Wildman–Crippen LogP) is 3.00. The number of rotatable bonds is 8. The first-order valence-corrected chi connectivity index (χ1v) is 10.7. The molecule has 2 unspecified atom stereocenters. The summed E-state index contributed by atoms with van der Waals surface area (Å²) in [6, 6.07) is 5.72. The number of nitrogens with zero attached hydrogens (tertiary/aromatic N) is 3. The molecule has 2 saturated heterocycles. The van der Waals surface area contributed by atoms with Crippen LogP contribution in [0.1, 0.15) is 24.5 Å². The Bertz CT molecular complexity index is 909. The number of aromatic nitrogens is 2. The summed E-state index contributed by atoms with van der Waals surface area (Å²) < 4.78 is 17.0. The van der Waals surface area contributed by atoms with Gasteiger partial charge in [-0.15, -0.1) is 0 Å². The summed E-state index contributed by atoms with van der Waals surface area (Å²) >= 11 is 6.25. The third-order valence-electron chi connectivity index (χ3n) is 5.36. The van der Waals surface area contributed by atoms with Crippen LogP contribution in [0.5, 0.6) is 5.75 Å². The van der Waals surface area contributed by atoms with Crippen molar-refractivity contribution in [3.05, 3.63) is 35.0 Å². The third kappa shape index (κ3) is 5.36.